The highest BCUT2D eigenvalue weighted by Crippen LogP contribution is 2.39. The normalized spacial score (nSPS) is 11.7. The molecule has 1 N–H and O–H groups in total. The zero-order valence-corrected chi connectivity index (χ0v) is 21.1. The quantitative estimate of drug-likeness (QED) is 0.341. The van der Waals surface area contributed by atoms with E-state index in [2.05, 4.69) is 25.2 Å². The molecule has 11 heteroatoms. The molecule has 0 spiro atoms. The highest BCUT2D eigenvalue weighted by atomic mass is 32.2. The van der Waals surface area contributed by atoms with E-state index in [1.165, 1.54) is 25.4 Å². The number of nitrogens with zero attached hydrogens (tertiary/aromatic N) is 5. The summed E-state index contributed by atoms with van der Waals surface area (Å²) < 4.78 is 48.4. The van der Waals surface area contributed by atoms with E-state index in [9.17, 15) is 12.8 Å². The molecule has 0 aliphatic rings. The van der Waals surface area contributed by atoms with E-state index in [1.807, 2.05) is 30.3 Å². The molecule has 9 nitrogen and oxygen atoms in total. The Labute approximate surface area is 213 Å². The van der Waals surface area contributed by atoms with Crippen LogP contribution in [0.1, 0.15) is 16.8 Å². The molecule has 2 aromatic carbocycles. The van der Waals surface area contributed by atoms with Crippen molar-refractivity contribution in [2.45, 2.75) is 25.3 Å². The van der Waals surface area contributed by atoms with Gasteiger partial charge in [0.2, 0.25) is 10.0 Å². The molecule has 0 radical (unpaired) electrons. The van der Waals surface area contributed by atoms with Gasteiger partial charge in [-0.25, -0.2) is 22.2 Å². The maximum Gasteiger partial charge on any atom is 0.240 e. The van der Waals surface area contributed by atoms with Crippen molar-refractivity contribution in [3.63, 3.8) is 0 Å². The van der Waals surface area contributed by atoms with E-state index < -0.39 is 10.0 Å². The van der Waals surface area contributed by atoms with Crippen molar-refractivity contribution in [1.29, 1.82) is 0 Å². The van der Waals surface area contributed by atoms with Crippen LogP contribution >= 0.6 is 0 Å². The fourth-order valence-electron chi connectivity index (χ4n) is 3.99. The number of hydrogen-bond acceptors (Lipinski definition) is 7. The highest BCUT2D eigenvalue weighted by Gasteiger charge is 2.24. The van der Waals surface area contributed by atoms with Gasteiger partial charge in [-0.2, -0.15) is 0 Å². The number of hydrogen-bond donors (Lipinski definition) is 1. The Morgan fingerprint density at radius 3 is 2.46 bits per heavy atom. The largest absolute Gasteiger partial charge is 0.353 e. The Morgan fingerprint density at radius 2 is 1.76 bits per heavy atom. The van der Waals surface area contributed by atoms with Gasteiger partial charge in [-0.15, -0.1) is 5.10 Å². The number of nitrogens with one attached hydrogen (secondary N) is 1. The summed E-state index contributed by atoms with van der Waals surface area (Å²) in [6, 6.07) is 15.9. The summed E-state index contributed by atoms with van der Waals surface area (Å²) in [6.07, 6.45) is 3.17. The van der Waals surface area contributed by atoms with Crippen molar-refractivity contribution in [1.82, 2.24) is 29.9 Å². The van der Waals surface area contributed by atoms with Crippen molar-refractivity contribution >= 4 is 10.0 Å². The van der Waals surface area contributed by atoms with Crippen LogP contribution in [0.4, 0.5) is 4.39 Å². The number of benzene rings is 2. The average Bonchev–Trinajstić information content (AvgIpc) is 3.57. The third kappa shape index (κ3) is 4.66. The van der Waals surface area contributed by atoms with Crippen LogP contribution in [-0.4, -0.2) is 40.6 Å². The number of pyridine rings is 1. The van der Waals surface area contributed by atoms with Crippen LogP contribution in [-0.2, 0) is 16.6 Å². The Kier molecular flexibility index (Phi) is 6.40. The van der Waals surface area contributed by atoms with E-state index in [1.54, 1.807) is 36.9 Å². The zero-order valence-electron chi connectivity index (χ0n) is 20.3. The molecule has 188 valence electrons. The minimum Gasteiger partial charge on any atom is -0.353 e. The number of rotatable bonds is 7. The van der Waals surface area contributed by atoms with Crippen molar-refractivity contribution < 1.29 is 17.3 Å². The van der Waals surface area contributed by atoms with Crippen molar-refractivity contribution in [2.24, 2.45) is 0 Å². The van der Waals surface area contributed by atoms with E-state index in [0.717, 1.165) is 5.56 Å². The molecule has 0 bridgehead atoms. The van der Waals surface area contributed by atoms with E-state index >= 15 is 0 Å². The fraction of sp³-hybridized carbons (Fsp3) is 0.154. The lowest BCUT2D eigenvalue weighted by Gasteiger charge is -2.07. The average molecular weight is 518 g/mol. The monoisotopic (exact) mass is 517 g/mol. The summed E-state index contributed by atoms with van der Waals surface area (Å²) in [5.74, 6) is 0.0770. The van der Waals surface area contributed by atoms with Gasteiger partial charge in [-0.05, 0) is 38.6 Å². The minimum absolute atomic E-state index is 0.136. The van der Waals surface area contributed by atoms with Gasteiger partial charge in [-0.3, -0.25) is 4.98 Å². The standard InChI is InChI=1S/C26H23FN6O3S/c1-16-13-29-21(17(2)24(16)27)14-33-15-22(30-32-33)26-23(25(31-36-26)19-7-5-4-6-8-19)18-9-11-20(12-10-18)37(34,35)28-3/h4-13,15,28H,14H2,1-3H3/i27-1. The van der Waals surface area contributed by atoms with Crippen molar-refractivity contribution in [2.75, 3.05) is 7.05 Å². The second kappa shape index (κ2) is 9.68. The first-order chi connectivity index (χ1) is 17.8. The van der Waals surface area contributed by atoms with Crippen LogP contribution in [0.3, 0.4) is 0 Å². The summed E-state index contributed by atoms with van der Waals surface area (Å²) >= 11 is 0. The fourth-order valence-corrected chi connectivity index (χ4v) is 4.72. The van der Waals surface area contributed by atoms with Gasteiger partial charge in [0, 0.05) is 22.9 Å². The first-order valence-electron chi connectivity index (χ1n) is 11.4. The van der Waals surface area contributed by atoms with Crippen LogP contribution in [0.2, 0.25) is 0 Å². The number of aromatic nitrogens is 5. The molecule has 3 heterocycles. The first-order valence-corrected chi connectivity index (χ1v) is 12.9. The first kappa shape index (κ1) is 24.5. The molecule has 0 amide bonds. The minimum atomic E-state index is -3.59. The molecule has 0 saturated carbocycles. The topological polar surface area (TPSA) is 116 Å². The number of halogens is 1. The van der Waals surface area contributed by atoms with Gasteiger partial charge in [0.05, 0.1) is 28.9 Å². The zero-order chi connectivity index (χ0) is 26.2. The lowest BCUT2D eigenvalue weighted by atomic mass is 9.98. The van der Waals surface area contributed by atoms with Crippen LogP contribution in [0, 0.1) is 19.7 Å². The van der Waals surface area contributed by atoms with Gasteiger partial charge in [-0.1, -0.05) is 52.8 Å². The number of aryl methyl sites for hydroxylation is 1. The van der Waals surface area contributed by atoms with Gasteiger partial charge < -0.3 is 4.52 Å². The Morgan fingerprint density at radius 1 is 1.03 bits per heavy atom. The smallest absolute Gasteiger partial charge is 0.240 e. The summed E-state index contributed by atoms with van der Waals surface area (Å²) in [4.78, 5) is 4.48. The third-order valence-electron chi connectivity index (χ3n) is 6.07. The Bertz CT molecular complexity index is 1680. The van der Waals surface area contributed by atoms with Crippen LogP contribution in [0.15, 0.2) is 76.4 Å². The molecule has 0 aliphatic carbocycles. The second-order valence-corrected chi connectivity index (χ2v) is 10.3. The molecule has 0 aliphatic heterocycles. The van der Waals surface area contributed by atoms with Crippen LogP contribution in [0.5, 0.6) is 0 Å². The molecular weight excluding hydrogens is 494 g/mol. The lowest BCUT2D eigenvalue weighted by molar-refractivity contribution is 0.434. The molecule has 0 saturated heterocycles. The summed E-state index contributed by atoms with van der Waals surface area (Å²) in [5, 5.41) is 12.8. The Balaban J connectivity index is 1.57. The van der Waals surface area contributed by atoms with E-state index in [-0.39, 0.29) is 17.3 Å². The molecule has 0 atom stereocenters. The third-order valence-corrected chi connectivity index (χ3v) is 7.50. The van der Waals surface area contributed by atoms with Gasteiger partial charge >= 0.3 is 0 Å². The molecule has 0 fully saturated rings. The lowest BCUT2D eigenvalue weighted by Crippen LogP contribution is -2.18. The maximum absolute atomic E-state index is 14.3. The van der Waals surface area contributed by atoms with Crippen LogP contribution < -0.4 is 4.72 Å². The summed E-state index contributed by atoms with van der Waals surface area (Å²) in [5.41, 5.74) is 4.63. The van der Waals surface area contributed by atoms with E-state index in [4.69, 9.17) is 4.52 Å². The summed E-state index contributed by atoms with van der Waals surface area (Å²) in [6.45, 7) is 3.58. The van der Waals surface area contributed by atoms with Gasteiger partial charge in [0.25, 0.3) is 0 Å². The van der Waals surface area contributed by atoms with Crippen molar-refractivity contribution in [3.05, 3.63) is 89.6 Å². The summed E-state index contributed by atoms with van der Waals surface area (Å²) in [7, 11) is -2.23. The van der Waals surface area contributed by atoms with E-state index in [0.29, 0.717) is 45.1 Å². The number of sulfonamides is 1. The molecule has 0 unspecified atom stereocenters. The van der Waals surface area contributed by atoms with Gasteiger partial charge in [0.15, 0.2) is 11.5 Å². The SMILES string of the molecule is CNS(=O)(=O)c1ccc(-c2c(-c3ccccc3)noc2-c2cn(Cc3ncc(C)c([18F])c3C)nn2)cc1. The molecule has 37 heavy (non-hydrogen) atoms. The predicted molar refractivity (Wildman–Crippen MR) is 135 cm³/mol. The molecule has 5 aromatic rings. The maximum atomic E-state index is 14.3. The van der Waals surface area contributed by atoms with Crippen LogP contribution in [0.25, 0.3) is 33.8 Å². The highest BCUT2D eigenvalue weighted by molar-refractivity contribution is 7.89. The Hall–Kier alpha value is -4.22. The predicted octanol–water partition coefficient (Wildman–Crippen LogP) is 4.37. The van der Waals surface area contributed by atoms with Crippen molar-refractivity contribution in [3.8, 4) is 33.8 Å². The second-order valence-electron chi connectivity index (χ2n) is 8.46. The molecular formula is C26H23FN6O3S. The molecule has 3 aromatic heterocycles. The molecule has 5 rings (SSSR count). The van der Waals surface area contributed by atoms with Gasteiger partial charge in [0.1, 0.15) is 11.5 Å².